The topological polar surface area (TPSA) is 69.7 Å². The summed E-state index contributed by atoms with van der Waals surface area (Å²) in [6.07, 6.45) is -0.339. The van der Waals surface area contributed by atoms with Gasteiger partial charge in [-0.1, -0.05) is 12.1 Å². The van der Waals surface area contributed by atoms with Crippen LogP contribution in [-0.2, 0) is 14.4 Å². The van der Waals surface area contributed by atoms with Gasteiger partial charge in [-0.15, -0.1) is 0 Å². The van der Waals surface area contributed by atoms with Gasteiger partial charge in [-0.05, 0) is 12.1 Å². The molecule has 0 aromatic heterocycles. The molecule has 0 unspecified atom stereocenters. The van der Waals surface area contributed by atoms with Crippen molar-refractivity contribution in [3.05, 3.63) is 30.1 Å². The summed E-state index contributed by atoms with van der Waals surface area (Å²) < 4.78 is 13.4. The van der Waals surface area contributed by atoms with Crippen molar-refractivity contribution < 1.29 is 18.8 Å². The third kappa shape index (κ3) is 4.03. The smallest absolute Gasteiger partial charge is 0.233 e. The molecule has 6 nitrogen and oxygen atoms in total. The first-order valence-electron chi connectivity index (χ1n) is 7.05. The van der Waals surface area contributed by atoms with Crippen molar-refractivity contribution in [3.8, 4) is 0 Å². The number of benzene rings is 1. The van der Waals surface area contributed by atoms with Crippen LogP contribution >= 0.6 is 0 Å². The van der Waals surface area contributed by atoms with Gasteiger partial charge in [0.15, 0.2) is 0 Å². The maximum absolute atomic E-state index is 13.4. The third-order valence-corrected chi connectivity index (χ3v) is 3.54. The minimum atomic E-state index is -0.552. The number of para-hydroxylation sites is 1. The van der Waals surface area contributed by atoms with E-state index in [1.165, 1.54) is 25.1 Å². The molecule has 1 saturated heterocycles. The summed E-state index contributed by atoms with van der Waals surface area (Å²) in [6.45, 7) is 3.24. The number of hydrogen-bond donors (Lipinski definition) is 1. The van der Waals surface area contributed by atoms with Crippen molar-refractivity contribution in [2.24, 2.45) is 0 Å². The van der Waals surface area contributed by atoms with Gasteiger partial charge in [0.2, 0.25) is 17.7 Å². The number of carbonyl (C=O) groups excluding carboxylic acids is 3. The molecule has 0 radical (unpaired) electrons. The Hall–Kier alpha value is -2.44. The van der Waals surface area contributed by atoms with Crippen LogP contribution in [-0.4, -0.2) is 53.7 Å². The fraction of sp³-hybridized carbons (Fsp3) is 0.400. The SMILES string of the molecule is CC(=O)N1CCN(C(=O)CC(=O)Nc2ccccc2F)CC1. The fourth-order valence-electron chi connectivity index (χ4n) is 2.28. The lowest BCUT2D eigenvalue weighted by molar-refractivity contribution is -0.140. The second-order valence-electron chi connectivity index (χ2n) is 5.09. The van der Waals surface area contributed by atoms with Crippen molar-refractivity contribution in [2.45, 2.75) is 13.3 Å². The Balaban J connectivity index is 1.83. The third-order valence-electron chi connectivity index (χ3n) is 3.54. The van der Waals surface area contributed by atoms with Crippen LogP contribution in [0, 0.1) is 5.82 Å². The van der Waals surface area contributed by atoms with E-state index in [4.69, 9.17) is 0 Å². The van der Waals surface area contributed by atoms with Crippen LogP contribution in [0.25, 0.3) is 0 Å². The number of rotatable bonds is 3. The Morgan fingerprint density at radius 1 is 1.09 bits per heavy atom. The van der Waals surface area contributed by atoms with E-state index in [-0.39, 0.29) is 23.9 Å². The molecule has 1 aromatic carbocycles. The van der Waals surface area contributed by atoms with E-state index in [0.29, 0.717) is 26.2 Å². The van der Waals surface area contributed by atoms with E-state index in [2.05, 4.69) is 5.32 Å². The zero-order valence-electron chi connectivity index (χ0n) is 12.3. The quantitative estimate of drug-likeness (QED) is 0.842. The summed E-state index contributed by atoms with van der Waals surface area (Å²) >= 11 is 0. The average Bonchev–Trinajstić information content (AvgIpc) is 2.49. The first-order chi connectivity index (χ1) is 10.5. The minimum absolute atomic E-state index is 0.0237. The fourth-order valence-corrected chi connectivity index (χ4v) is 2.28. The van der Waals surface area contributed by atoms with Gasteiger partial charge in [-0.25, -0.2) is 4.39 Å². The highest BCUT2D eigenvalue weighted by Crippen LogP contribution is 2.13. The van der Waals surface area contributed by atoms with Crippen LogP contribution in [0.15, 0.2) is 24.3 Å². The molecule has 0 aliphatic carbocycles. The van der Waals surface area contributed by atoms with Crippen molar-refractivity contribution in [3.63, 3.8) is 0 Å². The zero-order chi connectivity index (χ0) is 16.1. The summed E-state index contributed by atoms with van der Waals surface area (Å²) in [5.41, 5.74) is 0.0571. The van der Waals surface area contributed by atoms with E-state index in [1.54, 1.807) is 15.9 Å². The van der Waals surface area contributed by atoms with E-state index < -0.39 is 11.7 Å². The van der Waals surface area contributed by atoms with Crippen molar-refractivity contribution in [2.75, 3.05) is 31.5 Å². The first kappa shape index (κ1) is 15.9. The summed E-state index contributed by atoms with van der Waals surface area (Å²) in [5, 5.41) is 2.38. The second kappa shape index (κ2) is 7.02. The molecule has 22 heavy (non-hydrogen) atoms. The van der Waals surface area contributed by atoms with Crippen LogP contribution in [0.3, 0.4) is 0 Å². The highest BCUT2D eigenvalue weighted by molar-refractivity contribution is 6.03. The van der Waals surface area contributed by atoms with Crippen LogP contribution in [0.5, 0.6) is 0 Å². The molecule has 1 aliphatic heterocycles. The van der Waals surface area contributed by atoms with Crippen LogP contribution in [0.1, 0.15) is 13.3 Å². The van der Waals surface area contributed by atoms with Gasteiger partial charge < -0.3 is 15.1 Å². The Bertz CT molecular complexity index is 583. The number of hydrogen-bond acceptors (Lipinski definition) is 3. The molecular formula is C15H18FN3O3. The lowest BCUT2D eigenvalue weighted by Gasteiger charge is -2.34. The number of amides is 3. The summed E-state index contributed by atoms with van der Waals surface area (Å²) in [7, 11) is 0. The van der Waals surface area contributed by atoms with E-state index >= 15 is 0 Å². The van der Waals surface area contributed by atoms with Crippen LogP contribution < -0.4 is 5.32 Å². The molecule has 2 rings (SSSR count). The Labute approximate surface area is 127 Å². The van der Waals surface area contributed by atoms with Crippen molar-refractivity contribution >= 4 is 23.4 Å². The number of nitrogens with zero attached hydrogens (tertiary/aromatic N) is 2. The molecule has 1 fully saturated rings. The molecule has 1 aliphatic rings. The Morgan fingerprint density at radius 2 is 1.68 bits per heavy atom. The zero-order valence-corrected chi connectivity index (χ0v) is 12.3. The van der Waals surface area contributed by atoms with Crippen LogP contribution in [0.4, 0.5) is 10.1 Å². The summed E-state index contributed by atoms with van der Waals surface area (Å²) in [6, 6.07) is 5.79. The predicted octanol–water partition coefficient (Wildman–Crippen LogP) is 0.845. The Morgan fingerprint density at radius 3 is 2.27 bits per heavy atom. The van der Waals surface area contributed by atoms with Gasteiger partial charge >= 0.3 is 0 Å². The molecule has 3 amide bonds. The number of piperazine rings is 1. The summed E-state index contributed by atoms with van der Waals surface area (Å²) in [5.74, 6) is -1.44. The largest absolute Gasteiger partial charge is 0.339 e. The van der Waals surface area contributed by atoms with E-state index in [0.717, 1.165) is 0 Å². The molecule has 0 bridgehead atoms. The van der Waals surface area contributed by atoms with Crippen molar-refractivity contribution in [1.29, 1.82) is 0 Å². The lowest BCUT2D eigenvalue weighted by atomic mass is 10.2. The van der Waals surface area contributed by atoms with E-state index in [1.807, 2.05) is 0 Å². The molecule has 0 saturated carbocycles. The average molecular weight is 307 g/mol. The van der Waals surface area contributed by atoms with Gasteiger partial charge in [-0.3, -0.25) is 14.4 Å². The normalized spacial score (nSPS) is 14.6. The number of anilines is 1. The predicted molar refractivity (Wildman–Crippen MR) is 78.5 cm³/mol. The number of nitrogens with one attached hydrogen (secondary N) is 1. The molecule has 7 heteroatoms. The lowest BCUT2D eigenvalue weighted by Crippen LogP contribution is -2.50. The second-order valence-corrected chi connectivity index (χ2v) is 5.09. The number of carbonyl (C=O) groups is 3. The van der Waals surface area contributed by atoms with Gasteiger partial charge in [0.1, 0.15) is 12.2 Å². The van der Waals surface area contributed by atoms with Gasteiger partial charge in [0.05, 0.1) is 5.69 Å². The van der Waals surface area contributed by atoms with E-state index in [9.17, 15) is 18.8 Å². The van der Waals surface area contributed by atoms with Crippen LogP contribution in [0.2, 0.25) is 0 Å². The van der Waals surface area contributed by atoms with Gasteiger partial charge in [0.25, 0.3) is 0 Å². The molecule has 0 atom stereocenters. The highest BCUT2D eigenvalue weighted by Gasteiger charge is 2.23. The summed E-state index contributed by atoms with van der Waals surface area (Å²) in [4.78, 5) is 38.2. The monoisotopic (exact) mass is 307 g/mol. The number of halogens is 1. The van der Waals surface area contributed by atoms with Gasteiger partial charge in [0, 0.05) is 33.1 Å². The molecule has 1 aromatic rings. The molecule has 118 valence electrons. The maximum atomic E-state index is 13.4. The molecule has 0 spiro atoms. The Kier molecular flexibility index (Phi) is 5.08. The highest BCUT2D eigenvalue weighted by atomic mass is 19.1. The maximum Gasteiger partial charge on any atom is 0.233 e. The van der Waals surface area contributed by atoms with Crippen molar-refractivity contribution in [1.82, 2.24) is 9.80 Å². The standard InChI is InChI=1S/C15H18FN3O3/c1-11(20)18-6-8-19(9-7-18)15(22)10-14(21)17-13-5-3-2-4-12(13)16/h2-5H,6-10H2,1H3,(H,17,21). The molecule has 1 heterocycles. The minimum Gasteiger partial charge on any atom is -0.339 e. The first-order valence-corrected chi connectivity index (χ1v) is 7.05. The molecular weight excluding hydrogens is 289 g/mol. The van der Waals surface area contributed by atoms with Gasteiger partial charge in [-0.2, -0.15) is 0 Å². The molecule has 1 N–H and O–H groups in total.